The molecule has 1 aromatic heterocycles. The van der Waals surface area contributed by atoms with Crippen molar-refractivity contribution in [2.45, 2.75) is 0 Å². The Labute approximate surface area is 147 Å². The van der Waals surface area contributed by atoms with Gasteiger partial charge < -0.3 is 10.0 Å². The first-order valence-corrected chi connectivity index (χ1v) is 7.71. The van der Waals surface area contributed by atoms with Crippen LogP contribution in [0, 0.1) is 34.0 Å². The summed E-state index contributed by atoms with van der Waals surface area (Å²) in [5.41, 5.74) is 0.796. The maximum absolute atomic E-state index is 11.0. The van der Waals surface area contributed by atoms with Gasteiger partial charge in [-0.15, -0.1) is 0 Å². The molecular formula is C17H11N5O2S. The molecule has 2 rings (SSSR count). The smallest absolute Gasteiger partial charge is 0.335 e. The molecule has 0 aliphatic heterocycles. The second-order valence-electron chi connectivity index (χ2n) is 5.04. The van der Waals surface area contributed by atoms with Gasteiger partial charge in [-0.05, 0) is 12.1 Å². The maximum Gasteiger partial charge on any atom is 0.335 e. The first-order valence-electron chi connectivity index (χ1n) is 6.89. The van der Waals surface area contributed by atoms with E-state index in [2.05, 4.69) is 4.98 Å². The second kappa shape index (κ2) is 7.27. The van der Waals surface area contributed by atoms with Crippen molar-refractivity contribution in [3.63, 3.8) is 0 Å². The summed E-state index contributed by atoms with van der Waals surface area (Å²) in [6.07, 6.45) is 0. The highest BCUT2D eigenvalue weighted by Gasteiger charge is 2.21. The van der Waals surface area contributed by atoms with E-state index in [1.807, 2.05) is 6.07 Å². The number of anilines is 1. The Morgan fingerprint density at radius 1 is 1.12 bits per heavy atom. The van der Waals surface area contributed by atoms with Crippen molar-refractivity contribution in [3.8, 4) is 29.5 Å². The van der Waals surface area contributed by atoms with Crippen molar-refractivity contribution in [1.29, 1.82) is 15.8 Å². The molecule has 1 N–H and O–H groups in total. The Morgan fingerprint density at radius 2 is 1.72 bits per heavy atom. The van der Waals surface area contributed by atoms with E-state index in [9.17, 15) is 10.1 Å². The van der Waals surface area contributed by atoms with E-state index >= 15 is 0 Å². The fraction of sp³-hybridized carbons (Fsp3) is 0.118. The van der Waals surface area contributed by atoms with Gasteiger partial charge in [0.15, 0.2) is 5.13 Å². The highest BCUT2D eigenvalue weighted by Crippen LogP contribution is 2.38. The van der Waals surface area contributed by atoms with Crippen LogP contribution in [0.25, 0.3) is 16.8 Å². The number of aromatic nitrogens is 1. The van der Waals surface area contributed by atoms with Gasteiger partial charge in [-0.1, -0.05) is 23.5 Å². The van der Waals surface area contributed by atoms with Gasteiger partial charge in [0.1, 0.15) is 29.4 Å². The largest absolute Gasteiger partial charge is 0.478 e. The van der Waals surface area contributed by atoms with Crippen LogP contribution < -0.4 is 4.90 Å². The molecule has 0 aliphatic carbocycles. The molecule has 1 heterocycles. The van der Waals surface area contributed by atoms with E-state index in [1.165, 1.54) is 23.5 Å². The van der Waals surface area contributed by atoms with Gasteiger partial charge in [0.05, 0.1) is 16.1 Å². The fourth-order valence-electron chi connectivity index (χ4n) is 1.99. The number of carbonyl (C=O) groups is 1. The second-order valence-corrected chi connectivity index (χ2v) is 6.01. The summed E-state index contributed by atoms with van der Waals surface area (Å²) in [4.78, 5) is 17.6. The molecule has 0 spiro atoms. The Bertz CT molecular complexity index is 966. The lowest BCUT2D eigenvalue weighted by Gasteiger charge is -2.05. The third-order valence-corrected chi connectivity index (χ3v) is 4.46. The molecule has 0 radical (unpaired) electrons. The molecule has 7 nitrogen and oxygen atoms in total. The molecule has 0 saturated heterocycles. The number of hydrogen-bond donors (Lipinski definition) is 1. The van der Waals surface area contributed by atoms with E-state index < -0.39 is 5.97 Å². The monoisotopic (exact) mass is 349 g/mol. The third-order valence-electron chi connectivity index (χ3n) is 3.22. The number of aromatic carboxylic acids is 1. The molecule has 0 unspecified atom stereocenters. The lowest BCUT2D eigenvalue weighted by Crippen LogP contribution is -2.07. The molecule has 8 heteroatoms. The Morgan fingerprint density at radius 3 is 2.16 bits per heavy atom. The normalized spacial score (nSPS) is 9.40. The van der Waals surface area contributed by atoms with Crippen LogP contribution in [-0.4, -0.2) is 30.2 Å². The van der Waals surface area contributed by atoms with Crippen molar-refractivity contribution in [2.24, 2.45) is 0 Å². The molecule has 25 heavy (non-hydrogen) atoms. The summed E-state index contributed by atoms with van der Waals surface area (Å²) < 4.78 is 0. The number of allylic oxidation sites excluding steroid dienone is 2. The number of thiazole rings is 1. The summed E-state index contributed by atoms with van der Waals surface area (Å²) in [6.45, 7) is 0. The molecule has 0 aliphatic rings. The van der Waals surface area contributed by atoms with Gasteiger partial charge in [-0.2, -0.15) is 15.8 Å². The number of hydrogen-bond acceptors (Lipinski definition) is 7. The summed E-state index contributed by atoms with van der Waals surface area (Å²) in [5, 5.41) is 37.2. The van der Waals surface area contributed by atoms with Gasteiger partial charge in [-0.25, -0.2) is 9.78 Å². The number of carboxylic acid groups (broad SMARTS) is 1. The molecule has 0 saturated carbocycles. The molecule has 0 amide bonds. The predicted molar refractivity (Wildman–Crippen MR) is 92.6 cm³/mol. The van der Waals surface area contributed by atoms with Crippen molar-refractivity contribution in [2.75, 3.05) is 19.0 Å². The first kappa shape index (κ1) is 17.7. The van der Waals surface area contributed by atoms with E-state index in [0.29, 0.717) is 21.3 Å². The van der Waals surface area contributed by atoms with Crippen LogP contribution in [-0.2, 0) is 0 Å². The van der Waals surface area contributed by atoms with Crippen molar-refractivity contribution in [3.05, 3.63) is 40.3 Å². The van der Waals surface area contributed by atoms with Crippen molar-refractivity contribution in [1.82, 2.24) is 4.98 Å². The van der Waals surface area contributed by atoms with Crippen molar-refractivity contribution >= 4 is 28.0 Å². The number of carboxylic acids is 1. The lowest BCUT2D eigenvalue weighted by atomic mass is 10.0. The highest BCUT2D eigenvalue weighted by molar-refractivity contribution is 7.17. The average Bonchev–Trinajstić information content (AvgIpc) is 3.04. The van der Waals surface area contributed by atoms with E-state index in [1.54, 1.807) is 43.3 Å². The Kier molecular flexibility index (Phi) is 5.14. The first-order chi connectivity index (χ1) is 11.9. The average molecular weight is 349 g/mol. The fourth-order valence-corrected chi connectivity index (χ4v) is 3.00. The molecule has 2 aromatic rings. The number of benzene rings is 1. The third kappa shape index (κ3) is 3.48. The predicted octanol–water partition coefficient (Wildman–Crippen LogP) is 2.90. The SMILES string of the molecule is CN(C)c1nc(-c2ccc(C(=O)O)cc2)c(C(C#N)=C(C#N)C#N)s1. The quantitative estimate of drug-likeness (QED) is 0.841. The zero-order valence-electron chi connectivity index (χ0n) is 13.3. The van der Waals surface area contributed by atoms with E-state index in [0.717, 1.165) is 0 Å². The van der Waals surface area contributed by atoms with Crippen LogP contribution in [0.2, 0.25) is 0 Å². The van der Waals surface area contributed by atoms with Crippen LogP contribution in [0.1, 0.15) is 15.2 Å². The summed E-state index contributed by atoms with van der Waals surface area (Å²) in [6, 6.07) is 11.4. The molecule has 0 fully saturated rings. The summed E-state index contributed by atoms with van der Waals surface area (Å²) >= 11 is 1.18. The topological polar surface area (TPSA) is 125 Å². The lowest BCUT2D eigenvalue weighted by molar-refractivity contribution is 0.0697. The van der Waals surface area contributed by atoms with Crippen LogP contribution in [0.3, 0.4) is 0 Å². The van der Waals surface area contributed by atoms with Gasteiger partial charge in [0.25, 0.3) is 0 Å². The molecular weight excluding hydrogens is 338 g/mol. The zero-order valence-corrected chi connectivity index (χ0v) is 14.1. The van der Waals surface area contributed by atoms with Crippen LogP contribution in [0.15, 0.2) is 29.8 Å². The molecule has 0 bridgehead atoms. The van der Waals surface area contributed by atoms with E-state index in [-0.39, 0.29) is 16.7 Å². The minimum absolute atomic E-state index is 0.0482. The highest BCUT2D eigenvalue weighted by atomic mass is 32.1. The summed E-state index contributed by atoms with van der Waals surface area (Å²) in [5.74, 6) is -1.05. The van der Waals surface area contributed by atoms with Crippen LogP contribution in [0.5, 0.6) is 0 Å². The molecule has 1 aromatic carbocycles. The summed E-state index contributed by atoms with van der Waals surface area (Å²) in [7, 11) is 3.57. The molecule has 0 atom stereocenters. The van der Waals surface area contributed by atoms with Gasteiger partial charge in [-0.3, -0.25) is 0 Å². The zero-order chi connectivity index (χ0) is 18.6. The number of nitriles is 3. The standard InChI is InChI=1S/C17H11N5O2S/c1-22(2)17-21-14(10-3-5-11(6-4-10)16(23)24)15(25-17)13(9-20)12(7-18)8-19/h3-6H,1-2H3,(H,23,24). The number of rotatable bonds is 4. The Balaban J connectivity index is 2.72. The minimum atomic E-state index is -1.05. The van der Waals surface area contributed by atoms with E-state index in [4.69, 9.17) is 15.6 Å². The van der Waals surface area contributed by atoms with Gasteiger partial charge >= 0.3 is 5.97 Å². The molecule has 122 valence electrons. The minimum Gasteiger partial charge on any atom is -0.478 e. The van der Waals surface area contributed by atoms with Crippen LogP contribution in [0.4, 0.5) is 5.13 Å². The Hall–Kier alpha value is -3.67. The van der Waals surface area contributed by atoms with Gasteiger partial charge in [0, 0.05) is 19.7 Å². The van der Waals surface area contributed by atoms with Crippen molar-refractivity contribution < 1.29 is 9.90 Å². The maximum atomic E-state index is 11.0. The van der Waals surface area contributed by atoms with Crippen LogP contribution >= 0.6 is 11.3 Å². The van der Waals surface area contributed by atoms with Gasteiger partial charge in [0.2, 0.25) is 0 Å². The number of nitrogens with zero attached hydrogens (tertiary/aromatic N) is 5.